The Morgan fingerprint density at radius 2 is 2.00 bits per heavy atom. The van der Waals surface area contributed by atoms with Crippen molar-refractivity contribution in [2.24, 2.45) is 5.92 Å². The Hall–Kier alpha value is -1.71. The van der Waals surface area contributed by atoms with Crippen LogP contribution in [0.5, 0.6) is 0 Å². The van der Waals surface area contributed by atoms with Crippen LogP contribution in [0.1, 0.15) is 49.9 Å². The van der Waals surface area contributed by atoms with Crippen LogP contribution in [-0.2, 0) is 22.3 Å². The van der Waals surface area contributed by atoms with Gasteiger partial charge in [0.2, 0.25) is 0 Å². The number of piperidine rings is 1. The molecule has 1 atom stereocenters. The highest BCUT2D eigenvalue weighted by Crippen LogP contribution is 2.27. The third kappa shape index (κ3) is 4.10. The van der Waals surface area contributed by atoms with Crippen LogP contribution in [0.15, 0.2) is 0 Å². The summed E-state index contributed by atoms with van der Waals surface area (Å²) in [5.41, 5.74) is 2.70. The van der Waals surface area contributed by atoms with Gasteiger partial charge in [-0.15, -0.1) is 5.10 Å². The van der Waals surface area contributed by atoms with Crippen LogP contribution >= 0.6 is 0 Å². The molecule has 0 aliphatic carbocycles. The predicted octanol–water partition coefficient (Wildman–Crippen LogP) is 2.49. The Morgan fingerprint density at radius 1 is 1.20 bits per heavy atom. The Morgan fingerprint density at radius 3 is 2.60 bits per heavy atom. The number of rotatable bonds is 6. The molecule has 2 saturated heterocycles. The van der Waals surface area contributed by atoms with Gasteiger partial charge in [0.1, 0.15) is 11.6 Å². The minimum atomic E-state index is 0.302. The van der Waals surface area contributed by atoms with Gasteiger partial charge in [-0.3, -0.25) is 0 Å². The molecule has 2 fully saturated rings. The van der Waals surface area contributed by atoms with Crippen molar-refractivity contribution in [2.75, 3.05) is 37.8 Å². The molecule has 1 aromatic heterocycles. The highest BCUT2D eigenvalue weighted by Gasteiger charge is 2.26. The molecule has 0 saturated carbocycles. The van der Waals surface area contributed by atoms with Crippen molar-refractivity contribution in [3.05, 3.63) is 16.8 Å². The van der Waals surface area contributed by atoms with E-state index in [0.717, 1.165) is 82.1 Å². The summed E-state index contributed by atoms with van der Waals surface area (Å²) in [7, 11) is 0. The second-order valence-electron chi connectivity index (χ2n) is 6.89. The van der Waals surface area contributed by atoms with E-state index in [0.29, 0.717) is 17.6 Å². The normalized spacial score (nSPS) is 21.5. The van der Waals surface area contributed by atoms with Crippen molar-refractivity contribution in [1.29, 1.82) is 5.26 Å². The molecule has 136 valence electrons. The molecule has 0 spiro atoms. The molecule has 0 amide bonds. The first-order valence-corrected chi connectivity index (χ1v) is 9.49. The molecule has 0 bridgehead atoms. The lowest BCUT2D eigenvalue weighted by molar-refractivity contribution is 0.0131. The zero-order valence-corrected chi connectivity index (χ0v) is 15.3. The maximum atomic E-state index is 9.66. The van der Waals surface area contributed by atoms with Gasteiger partial charge in [0.05, 0.1) is 25.0 Å². The van der Waals surface area contributed by atoms with Crippen LogP contribution in [0.25, 0.3) is 0 Å². The number of ether oxygens (including phenoxy) is 2. The molecule has 2 aliphatic heterocycles. The summed E-state index contributed by atoms with van der Waals surface area (Å²) in [5, 5.41) is 18.4. The number of nitriles is 1. The van der Waals surface area contributed by atoms with Gasteiger partial charge in [-0.1, -0.05) is 13.8 Å². The third-order valence-electron chi connectivity index (χ3n) is 5.27. The smallest absolute Gasteiger partial charge is 0.169 e. The van der Waals surface area contributed by atoms with E-state index < -0.39 is 0 Å². The molecule has 2 aliphatic rings. The molecular formula is C19H28N4O2. The number of anilines is 1. The first-order chi connectivity index (χ1) is 12.3. The summed E-state index contributed by atoms with van der Waals surface area (Å²) >= 11 is 0. The number of hydrogen-bond acceptors (Lipinski definition) is 6. The van der Waals surface area contributed by atoms with Crippen LogP contribution < -0.4 is 4.90 Å². The average molecular weight is 344 g/mol. The van der Waals surface area contributed by atoms with E-state index >= 15 is 0 Å². The molecule has 0 aromatic carbocycles. The lowest BCUT2D eigenvalue weighted by atomic mass is 10.0. The van der Waals surface area contributed by atoms with Gasteiger partial charge in [0.15, 0.2) is 5.82 Å². The molecule has 6 heteroatoms. The summed E-state index contributed by atoms with van der Waals surface area (Å²) in [6.45, 7) is 8.38. The minimum Gasteiger partial charge on any atom is -0.381 e. The Kier molecular flexibility index (Phi) is 6.22. The summed E-state index contributed by atoms with van der Waals surface area (Å²) in [5.74, 6) is 1.31. The largest absolute Gasteiger partial charge is 0.381 e. The lowest BCUT2D eigenvalue weighted by Crippen LogP contribution is -2.38. The van der Waals surface area contributed by atoms with Crippen molar-refractivity contribution < 1.29 is 9.47 Å². The quantitative estimate of drug-likeness (QED) is 0.789. The van der Waals surface area contributed by atoms with Gasteiger partial charge in [0.25, 0.3) is 0 Å². The number of aromatic nitrogens is 2. The van der Waals surface area contributed by atoms with E-state index in [1.807, 2.05) is 0 Å². The fourth-order valence-electron chi connectivity index (χ4n) is 3.72. The van der Waals surface area contributed by atoms with E-state index in [4.69, 9.17) is 9.47 Å². The third-order valence-corrected chi connectivity index (χ3v) is 5.27. The fourth-order valence-corrected chi connectivity index (χ4v) is 3.72. The van der Waals surface area contributed by atoms with Crippen LogP contribution in [-0.4, -0.2) is 49.2 Å². The molecule has 3 rings (SSSR count). The lowest BCUT2D eigenvalue weighted by Gasteiger charge is -2.33. The van der Waals surface area contributed by atoms with E-state index in [9.17, 15) is 5.26 Å². The number of nitrogens with zero attached hydrogens (tertiary/aromatic N) is 4. The highest BCUT2D eigenvalue weighted by atomic mass is 16.5. The van der Waals surface area contributed by atoms with Crippen LogP contribution in [0.3, 0.4) is 0 Å². The summed E-state index contributed by atoms with van der Waals surface area (Å²) in [6.07, 6.45) is 4.98. The minimum absolute atomic E-state index is 0.302. The van der Waals surface area contributed by atoms with Gasteiger partial charge in [-0.05, 0) is 37.7 Å². The molecule has 1 unspecified atom stereocenters. The number of hydrogen-bond donors (Lipinski definition) is 0. The monoisotopic (exact) mass is 344 g/mol. The van der Waals surface area contributed by atoms with Gasteiger partial charge in [-0.25, -0.2) is 0 Å². The molecule has 3 heterocycles. The second kappa shape index (κ2) is 8.59. The Bertz CT molecular complexity index is 615. The van der Waals surface area contributed by atoms with E-state index in [-0.39, 0.29) is 0 Å². The zero-order valence-electron chi connectivity index (χ0n) is 15.3. The van der Waals surface area contributed by atoms with E-state index in [2.05, 4.69) is 35.0 Å². The van der Waals surface area contributed by atoms with Crippen molar-refractivity contribution >= 4 is 5.82 Å². The topological polar surface area (TPSA) is 71.3 Å². The maximum absolute atomic E-state index is 9.66. The van der Waals surface area contributed by atoms with Gasteiger partial charge < -0.3 is 14.4 Å². The molecule has 6 nitrogen and oxygen atoms in total. The molecule has 1 aromatic rings. The molecule has 0 N–H and O–H groups in total. The van der Waals surface area contributed by atoms with E-state index in [1.165, 1.54) is 0 Å². The second-order valence-corrected chi connectivity index (χ2v) is 6.89. The first-order valence-electron chi connectivity index (χ1n) is 9.49. The summed E-state index contributed by atoms with van der Waals surface area (Å²) < 4.78 is 11.5. The van der Waals surface area contributed by atoms with Gasteiger partial charge in [0, 0.05) is 25.6 Å². The van der Waals surface area contributed by atoms with Crippen LogP contribution in [0.2, 0.25) is 0 Å². The SMILES string of the molecule is CCc1nnc(N2CCC(OCC3CCOC3)CC2)c(C#N)c1CC. The maximum Gasteiger partial charge on any atom is 0.169 e. The van der Waals surface area contributed by atoms with Crippen molar-refractivity contribution in [3.63, 3.8) is 0 Å². The average Bonchev–Trinajstić information content (AvgIpc) is 3.19. The van der Waals surface area contributed by atoms with Crippen LogP contribution in [0, 0.1) is 17.2 Å². The predicted molar refractivity (Wildman–Crippen MR) is 95.6 cm³/mol. The van der Waals surface area contributed by atoms with Crippen LogP contribution in [0.4, 0.5) is 5.82 Å². The highest BCUT2D eigenvalue weighted by molar-refractivity contribution is 5.58. The van der Waals surface area contributed by atoms with Gasteiger partial charge in [-0.2, -0.15) is 10.4 Å². The first kappa shape index (κ1) is 18.1. The van der Waals surface area contributed by atoms with Crippen molar-refractivity contribution in [3.8, 4) is 6.07 Å². The molecule has 25 heavy (non-hydrogen) atoms. The van der Waals surface area contributed by atoms with Crippen molar-refractivity contribution in [2.45, 2.75) is 52.1 Å². The number of aryl methyl sites for hydroxylation is 1. The molecular weight excluding hydrogens is 316 g/mol. The van der Waals surface area contributed by atoms with E-state index in [1.54, 1.807) is 0 Å². The fraction of sp³-hybridized carbons (Fsp3) is 0.737. The summed E-state index contributed by atoms with van der Waals surface area (Å²) in [6, 6.07) is 2.37. The van der Waals surface area contributed by atoms with Gasteiger partial charge >= 0.3 is 0 Å². The summed E-state index contributed by atoms with van der Waals surface area (Å²) in [4.78, 5) is 2.20. The standard InChI is InChI=1S/C19H28N4O2/c1-3-16-17(11-20)19(22-21-18(16)4-2)23-8-5-15(6-9-23)25-13-14-7-10-24-12-14/h14-15H,3-10,12-13H2,1-2H3. The zero-order chi connectivity index (χ0) is 17.6. The van der Waals surface area contributed by atoms with Crippen molar-refractivity contribution in [1.82, 2.24) is 10.2 Å². The molecule has 0 radical (unpaired) electrons. The Labute approximate surface area is 150 Å². The Balaban J connectivity index is 1.61.